The summed E-state index contributed by atoms with van der Waals surface area (Å²) in [5.74, 6) is 1.66. The van der Waals surface area contributed by atoms with Gasteiger partial charge in [-0.05, 0) is 36.2 Å². The second kappa shape index (κ2) is 8.51. The Morgan fingerprint density at radius 3 is 2.73 bits per heavy atom. The number of aromatic nitrogens is 4. The van der Waals surface area contributed by atoms with Gasteiger partial charge in [-0.25, -0.2) is 19.3 Å². The van der Waals surface area contributed by atoms with Crippen molar-refractivity contribution >= 4 is 33.2 Å². The summed E-state index contributed by atoms with van der Waals surface area (Å²) in [5, 5.41) is 5.41. The first-order chi connectivity index (χ1) is 16.1. The third-order valence-corrected chi connectivity index (χ3v) is 6.45. The summed E-state index contributed by atoms with van der Waals surface area (Å²) in [7, 11) is 3.00. The number of hydrogen-bond acceptors (Lipinski definition) is 8. The van der Waals surface area contributed by atoms with Crippen molar-refractivity contribution in [3.63, 3.8) is 0 Å². The van der Waals surface area contributed by atoms with Gasteiger partial charge in [0.2, 0.25) is 0 Å². The van der Waals surface area contributed by atoms with Gasteiger partial charge in [0.25, 0.3) is 0 Å². The van der Waals surface area contributed by atoms with Crippen molar-refractivity contribution in [3.05, 3.63) is 70.9 Å². The molecular formula is C24H20N4O4S. The number of carbonyl (C=O) groups is 1. The molecule has 5 rings (SSSR count). The van der Waals surface area contributed by atoms with Crippen LogP contribution in [0.4, 0.5) is 0 Å². The lowest BCUT2D eigenvalue weighted by atomic mass is 10.1. The van der Waals surface area contributed by atoms with Crippen LogP contribution in [0.2, 0.25) is 0 Å². The number of nitrogens with zero attached hydrogens (tertiary/aromatic N) is 4. The van der Waals surface area contributed by atoms with E-state index in [-0.39, 0.29) is 5.97 Å². The molecular weight excluding hydrogens is 440 g/mol. The molecule has 5 aromatic rings. The van der Waals surface area contributed by atoms with Gasteiger partial charge >= 0.3 is 5.97 Å². The van der Waals surface area contributed by atoms with E-state index in [2.05, 4.69) is 10.1 Å². The largest absolute Gasteiger partial charge is 0.497 e. The first-order valence-electron chi connectivity index (χ1n) is 10.2. The number of ether oxygens (including phenoxy) is 3. The van der Waals surface area contributed by atoms with Crippen LogP contribution in [-0.4, -0.2) is 39.8 Å². The standard InChI is InChI=1S/C24H20N4O4S/c1-14-19-22-26-21(27-28(22)13-25-23(19)33-20(14)24(29)31-3)16-7-4-6-15(10-16)12-32-18-9-5-8-17(11-18)30-2/h4-11,13H,12H2,1-3H3. The van der Waals surface area contributed by atoms with E-state index >= 15 is 0 Å². The van der Waals surface area contributed by atoms with Crippen LogP contribution in [0.15, 0.2) is 54.9 Å². The van der Waals surface area contributed by atoms with E-state index in [0.29, 0.717) is 23.0 Å². The molecule has 0 N–H and O–H groups in total. The number of esters is 1. The summed E-state index contributed by atoms with van der Waals surface area (Å²) in [6.07, 6.45) is 1.61. The Balaban J connectivity index is 1.47. The van der Waals surface area contributed by atoms with Crippen LogP contribution in [0, 0.1) is 6.92 Å². The molecule has 0 atom stereocenters. The summed E-state index contributed by atoms with van der Waals surface area (Å²) in [6.45, 7) is 2.27. The van der Waals surface area contributed by atoms with Crippen LogP contribution in [0.25, 0.3) is 27.3 Å². The minimum atomic E-state index is -0.378. The van der Waals surface area contributed by atoms with Crippen LogP contribution in [0.5, 0.6) is 11.5 Å². The monoisotopic (exact) mass is 460 g/mol. The number of rotatable bonds is 6. The van der Waals surface area contributed by atoms with Gasteiger partial charge in [-0.2, -0.15) is 0 Å². The fraction of sp³-hybridized carbons (Fsp3) is 0.167. The van der Waals surface area contributed by atoms with Crippen LogP contribution in [-0.2, 0) is 11.3 Å². The van der Waals surface area contributed by atoms with E-state index in [4.69, 9.17) is 19.2 Å². The fourth-order valence-corrected chi connectivity index (χ4v) is 4.66. The van der Waals surface area contributed by atoms with Crippen molar-refractivity contribution in [1.29, 1.82) is 0 Å². The summed E-state index contributed by atoms with van der Waals surface area (Å²) >= 11 is 1.29. The Morgan fingerprint density at radius 1 is 1.09 bits per heavy atom. The molecule has 2 aromatic carbocycles. The Kier molecular flexibility index (Phi) is 5.39. The predicted molar refractivity (Wildman–Crippen MR) is 125 cm³/mol. The van der Waals surface area contributed by atoms with E-state index in [1.165, 1.54) is 18.4 Å². The minimum Gasteiger partial charge on any atom is -0.497 e. The van der Waals surface area contributed by atoms with Crippen LogP contribution < -0.4 is 9.47 Å². The molecule has 3 aromatic heterocycles. The third kappa shape index (κ3) is 3.87. The number of carbonyl (C=O) groups excluding carboxylic acids is 1. The van der Waals surface area contributed by atoms with E-state index in [1.807, 2.05) is 55.5 Å². The van der Waals surface area contributed by atoms with Gasteiger partial charge in [-0.3, -0.25) is 0 Å². The lowest BCUT2D eigenvalue weighted by Gasteiger charge is -2.08. The molecule has 0 saturated heterocycles. The highest BCUT2D eigenvalue weighted by atomic mass is 32.1. The lowest BCUT2D eigenvalue weighted by Crippen LogP contribution is -1.99. The minimum absolute atomic E-state index is 0.378. The zero-order valence-electron chi connectivity index (χ0n) is 18.2. The van der Waals surface area contributed by atoms with Crippen molar-refractivity contribution < 1.29 is 19.0 Å². The maximum absolute atomic E-state index is 12.1. The summed E-state index contributed by atoms with van der Waals surface area (Å²) in [5.41, 5.74) is 3.29. The van der Waals surface area contributed by atoms with Crippen LogP contribution in [0.1, 0.15) is 20.8 Å². The molecule has 0 saturated carbocycles. The maximum atomic E-state index is 12.1. The number of aryl methyl sites for hydroxylation is 1. The van der Waals surface area contributed by atoms with E-state index < -0.39 is 0 Å². The molecule has 0 unspecified atom stereocenters. The SMILES string of the molecule is COC(=O)c1sc2ncn3nc(-c4cccc(COc5cccc(OC)c5)c4)nc3c2c1C. The van der Waals surface area contributed by atoms with Gasteiger partial charge in [0.1, 0.15) is 34.1 Å². The van der Waals surface area contributed by atoms with E-state index in [0.717, 1.165) is 38.4 Å². The van der Waals surface area contributed by atoms with Gasteiger partial charge in [0.05, 0.1) is 19.6 Å². The van der Waals surface area contributed by atoms with Gasteiger partial charge < -0.3 is 14.2 Å². The molecule has 0 amide bonds. The van der Waals surface area contributed by atoms with E-state index in [1.54, 1.807) is 18.0 Å². The summed E-state index contributed by atoms with van der Waals surface area (Å²) < 4.78 is 17.7. The Labute approximate surface area is 193 Å². The molecule has 0 spiro atoms. The zero-order valence-corrected chi connectivity index (χ0v) is 19.0. The van der Waals surface area contributed by atoms with Crippen molar-refractivity contribution in [2.75, 3.05) is 14.2 Å². The Morgan fingerprint density at radius 2 is 1.91 bits per heavy atom. The molecule has 0 fully saturated rings. The number of hydrogen-bond donors (Lipinski definition) is 0. The fourth-order valence-electron chi connectivity index (χ4n) is 3.60. The number of methoxy groups -OCH3 is 2. The van der Waals surface area contributed by atoms with Crippen molar-refractivity contribution in [1.82, 2.24) is 19.6 Å². The Bertz CT molecular complexity index is 1490. The topological polar surface area (TPSA) is 87.8 Å². The smallest absolute Gasteiger partial charge is 0.348 e. The first-order valence-corrected chi connectivity index (χ1v) is 11.0. The highest BCUT2D eigenvalue weighted by Crippen LogP contribution is 2.33. The number of thiophene rings is 1. The molecule has 9 heteroatoms. The van der Waals surface area contributed by atoms with Crippen molar-refractivity contribution in [2.45, 2.75) is 13.5 Å². The number of fused-ring (bicyclic) bond motifs is 3. The molecule has 166 valence electrons. The lowest BCUT2D eigenvalue weighted by molar-refractivity contribution is 0.0605. The van der Waals surface area contributed by atoms with E-state index in [9.17, 15) is 4.79 Å². The quantitative estimate of drug-likeness (QED) is 0.340. The van der Waals surface area contributed by atoms with Gasteiger partial charge in [0, 0.05) is 11.6 Å². The highest BCUT2D eigenvalue weighted by Gasteiger charge is 2.21. The molecule has 33 heavy (non-hydrogen) atoms. The highest BCUT2D eigenvalue weighted by molar-refractivity contribution is 7.20. The molecule has 0 aliphatic carbocycles. The zero-order chi connectivity index (χ0) is 22.9. The van der Waals surface area contributed by atoms with Crippen LogP contribution >= 0.6 is 11.3 Å². The molecule has 0 aliphatic rings. The first kappa shape index (κ1) is 20.9. The molecule has 0 radical (unpaired) electrons. The average molecular weight is 461 g/mol. The average Bonchev–Trinajstić information content (AvgIpc) is 3.43. The summed E-state index contributed by atoms with van der Waals surface area (Å²) in [4.78, 5) is 22.6. The second-order valence-corrected chi connectivity index (χ2v) is 8.34. The Hall–Kier alpha value is -3.98. The number of benzene rings is 2. The second-order valence-electron chi connectivity index (χ2n) is 7.34. The van der Waals surface area contributed by atoms with Gasteiger partial charge in [-0.15, -0.1) is 16.4 Å². The normalized spacial score (nSPS) is 11.1. The molecule has 3 heterocycles. The van der Waals surface area contributed by atoms with Crippen molar-refractivity contribution in [2.24, 2.45) is 0 Å². The predicted octanol–water partition coefficient (Wildman–Crippen LogP) is 4.69. The molecule has 0 aliphatic heterocycles. The van der Waals surface area contributed by atoms with Crippen molar-refractivity contribution in [3.8, 4) is 22.9 Å². The van der Waals surface area contributed by atoms with Gasteiger partial charge in [0.15, 0.2) is 11.5 Å². The molecule has 0 bridgehead atoms. The maximum Gasteiger partial charge on any atom is 0.348 e. The molecule has 8 nitrogen and oxygen atoms in total. The van der Waals surface area contributed by atoms with Gasteiger partial charge in [-0.1, -0.05) is 24.3 Å². The third-order valence-electron chi connectivity index (χ3n) is 5.27. The summed E-state index contributed by atoms with van der Waals surface area (Å²) in [6, 6.07) is 15.4. The van der Waals surface area contributed by atoms with Crippen LogP contribution in [0.3, 0.4) is 0 Å².